The molecule has 9 heteroatoms. The van der Waals surface area contributed by atoms with Crippen LogP contribution in [0.5, 0.6) is 0 Å². The Bertz CT molecular complexity index is 1240. The monoisotopic (exact) mass is 441 g/mol. The molecule has 0 saturated heterocycles. The number of amides is 2. The van der Waals surface area contributed by atoms with Crippen molar-refractivity contribution in [1.29, 1.82) is 0 Å². The minimum absolute atomic E-state index is 0.274. The Hall–Kier alpha value is -3.07. The van der Waals surface area contributed by atoms with Gasteiger partial charge in [0.05, 0.1) is 10.7 Å². The Labute approximate surface area is 178 Å². The first-order valence-corrected chi connectivity index (χ1v) is 10.4. The minimum atomic E-state index is -0.428. The maximum absolute atomic E-state index is 12.8. The van der Waals surface area contributed by atoms with E-state index in [2.05, 4.69) is 15.6 Å². The van der Waals surface area contributed by atoms with E-state index in [1.807, 2.05) is 24.3 Å². The predicted octanol–water partition coefficient (Wildman–Crippen LogP) is 5.33. The summed E-state index contributed by atoms with van der Waals surface area (Å²) in [5.41, 5.74) is 0.979. The first-order valence-electron chi connectivity index (χ1n) is 8.35. The second kappa shape index (κ2) is 8.12. The summed E-state index contributed by atoms with van der Waals surface area (Å²) in [6.07, 6.45) is 2.17. The van der Waals surface area contributed by atoms with Gasteiger partial charge in [-0.1, -0.05) is 29.8 Å². The van der Waals surface area contributed by atoms with E-state index in [0.717, 1.165) is 10.1 Å². The quantitative estimate of drug-likeness (QED) is 0.410. The number of aldehydes is 1. The molecule has 0 aliphatic rings. The maximum Gasteiger partial charge on any atom is 0.284 e. The van der Waals surface area contributed by atoms with E-state index in [0.29, 0.717) is 26.9 Å². The lowest BCUT2D eigenvalue weighted by molar-refractivity contribution is 0.102. The minimum Gasteiger partial charge on any atom is -0.320 e. The molecule has 6 nitrogen and oxygen atoms in total. The molecule has 0 saturated carbocycles. The van der Waals surface area contributed by atoms with Crippen molar-refractivity contribution in [2.75, 3.05) is 10.6 Å². The highest BCUT2D eigenvalue weighted by atomic mass is 35.5. The molecule has 4 rings (SSSR count). The largest absolute Gasteiger partial charge is 0.320 e. The van der Waals surface area contributed by atoms with Gasteiger partial charge in [0.2, 0.25) is 0 Å². The van der Waals surface area contributed by atoms with Gasteiger partial charge in [-0.3, -0.25) is 14.4 Å². The van der Waals surface area contributed by atoms with Crippen molar-refractivity contribution in [3.63, 3.8) is 0 Å². The van der Waals surface area contributed by atoms with Gasteiger partial charge in [0, 0.05) is 32.9 Å². The SMILES string of the molecule is O=Cc1ccc(NC(=O)c2nccs2)cc1NC(=O)c1sc2ccccc2c1Cl. The van der Waals surface area contributed by atoms with Gasteiger partial charge in [-0.25, -0.2) is 4.98 Å². The number of nitrogens with zero attached hydrogens (tertiary/aromatic N) is 1. The second-order valence-corrected chi connectivity index (χ2v) is 8.23. The van der Waals surface area contributed by atoms with Crippen LogP contribution in [0, 0.1) is 0 Å². The number of hydrogen-bond acceptors (Lipinski definition) is 6. The molecule has 144 valence electrons. The van der Waals surface area contributed by atoms with E-state index >= 15 is 0 Å². The number of halogens is 1. The van der Waals surface area contributed by atoms with Crippen LogP contribution in [0.2, 0.25) is 5.02 Å². The van der Waals surface area contributed by atoms with Crippen LogP contribution in [-0.4, -0.2) is 23.1 Å². The van der Waals surface area contributed by atoms with E-state index in [-0.39, 0.29) is 17.2 Å². The smallest absolute Gasteiger partial charge is 0.284 e. The Kier molecular flexibility index (Phi) is 5.39. The lowest BCUT2D eigenvalue weighted by Crippen LogP contribution is -2.14. The van der Waals surface area contributed by atoms with Crippen LogP contribution in [0.4, 0.5) is 11.4 Å². The van der Waals surface area contributed by atoms with Crippen molar-refractivity contribution in [3.8, 4) is 0 Å². The van der Waals surface area contributed by atoms with Crippen molar-refractivity contribution in [3.05, 3.63) is 74.5 Å². The number of nitrogens with one attached hydrogen (secondary N) is 2. The Morgan fingerprint density at radius 3 is 2.62 bits per heavy atom. The molecule has 0 aliphatic carbocycles. The number of thiophene rings is 1. The van der Waals surface area contributed by atoms with E-state index in [9.17, 15) is 14.4 Å². The molecule has 4 aromatic rings. The first-order chi connectivity index (χ1) is 14.1. The highest BCUT2D eigenvalue weighted by Gasteiger charge is 2.18. The molecule has 2 amide bonds. The van der Waals surface area contributed by atoms with Crippen LogP contribution in [0.1, 0.15) is 29.8 Å². The molecular weight excluding hydrogens is 430 g/mol. The average Bonchev–Trinajstić information content (AvgIpc) is 3.37. The molecule has 0 fully saturated rings. The van der Waals surface area contributed by atoms with Crippen molar-refractivity contribution < 1.29 is 14.4 Å². The van der Waals surface area contributed by atoms with E-state index in [4.69, 9.17) is 11.6 Å². The van der Waals surface area contributed by atoms with Crippen LogP contribution in [0.15, 0.2) is 54.0 Å². The second-order valence-electron chi connectivity index (χ2n) is 5.91. The highest BCUT2D eigenvalue weighted by molar-refractivity contribution is 7.21. The molecule has 0 aliphatic heterocycles. The summed E-state index contributed by atoms with van der Waals surface area (Å²) in [5, 5.41) is 8.59. The molecule has 0 radical (unpaired) electrons. The van der Waals surface area contributed by atoms with Crippen molar-refractivity contribution in [1.82, 2.24) is 4.98 Å². The van der Waals surface area contributed by atoms with Crippen LogP contribution in [0.25, 0.3) is 10.1 Å². The molecule has 0 unspecified atom stereocenters. The summed E-state index contributed by atoms with van der Waals surface area (Å²) in [7, 11) is 0. The molecule has 2 aromatic carbocycles. The van der Waals surface area contributed by atoms with Crippen molar-refractivity contribution >= 4 is 73.8 Å². The first kappa shape index (κ1) is 19.3. The van der Waals surface area contributed by atoms with Crippen LogP contribution < -0.4 is 10.6 Å². The van der Waals surface area contributed by atoms with Gasteiger partial charge in [-0.2, -0.15) is 0 Å². The normalized spacial score (nSPS) is 10.7. The summed E-state index contributed by atoms with van der Waals surface area (Å²) >= 11 is 8.85. The number of rotatable bonds is 5. The van der Waals surface area contributed by atoms with Gasteiger partial charge >= 0.3 is 0 Å². The number of thiazole rings is 1. The van der Waals surface area contributed by atoms with E-state index < -0.39 is 5.91 Å². The van der Waals surface area contributed by atoms with Gasteiger partial charge in [-0.15, -0.1) is 22.7 Å². The number of carbonyl (C=O) groups is 3. The summed E-state index contributed by atoms with van der Waals surface area (Å²) in [6.45, 7) is 0. The Balaban J connectivity index is 1.61. The Morgan fingerprint density at radius 1 is 1.07 bits per heavy atom. The Morgan fingerprint density at radius 2 is 1.90 bits per heavy atom. The summed E-state index contributed by atoms with van der Waals surface area (Å²) in [5.74, 6) is -0.800. The molecule has 0 atom stereocenters. The molecule has 29 heavy (non-hydrogen) atoms. The third-order valence-electron chi connectivity index (χ3n) is 4.05. The fourth-order valence-electron chi connectivity index (χ4n) is 2.70. The van der Waals surface area contributed by atoms with Gasteiger partial charge < -0.3 is 10.6 Å². The fourth-order valence-corrected chi connectivity index (χ4v) is 4.65. The predicted molar refractivity (Wildman–Crippen MR) is 117 cm³/mol. The van der Waals surface area contributed by atoms with Crippen LogP contribution >= 0.6 is 34.3 Å². The van der Waals surface area contributed by atoms with Crippen molar-refractivity contribution in [2.45, 2.75) is 0 Å². The summed E-state index contributed by atoms with van der Waals surface area (Å²) in [4.78, 5) is 40.7. The number of benzene rings is 2. The topological polar surface area (TPSA) is 88.2 Å². The molecular formula is C20H12ClN3O3S2. The summed E-state index contributed by atoms with van der Waals surface area (Å²) in [6, 6.07) is 12.1. The van der Waals surface area contributed by atoms with E-state index in [1.54, 1.807) is 11.4 Å². The molecule has 2 aromatic heterocycles. The standard InChI is InChI=1S/C20H12ClN3O3S2/c21-16-13-3-1-2-4-15(13)29-17(16)18(26)24-14-9-12(6-5-11(14)10-25)23-19(27)20-22-7-8-28-20/h1-10H,(H,23,27)(H,24,26). The number of carbonyl (C=O) groups excluding carboxylic acids is 3. The lowest BCUT2D eigenvalue weighted by atomic mass is 10.1. The third kappa shape index (κ3) is 3.91. The zero-order valence-electron chi connectivity index (χ0n) is 14.6. The molecule has 0 spiro atoms. The zero-order chi connectivity index (χ0) is 20.4. The number of hydrogen-bond donors (Lipinski definition) is 2. The molecule has 2 heterocycles. The third-order valence-corrected chi connectivity index (χ3v) is 6.50. The van der Waals surface area contributed by atoms with Crippen LogP contribution in [-0.2, 0) is 0 Å². The average molecular weight is 442 g/mol. The number of anilines is 2. The van der Waals surface area contributed by atoms with Gasteiger partial charge in [0.25, 0.3) is 11.8 Å². The molecule has 0 bridgehead atoms. The maximum atomic E-state index is 12.8. The van der Waals surface area contributed by atoms with Gasteiger partial charge in [-0.05, 0) is 24.3 Å². The fraction of sp³-hybridized carbons (Fsp3) is 0. The number of fused-ring (bicyclic) bond motifs is 1. The molecule has 2 N–H and O–H groups in total. The van der Waals surface area contributed by atoms with E-state index in [1.165, 1.54) is 41.0 Å². The van der Waals surface area contributed by atoms with Crippen molar-refractivity contribution in [2.24, 2.45) is 0 Å². The summed E-state index contributed by atoms with van der Waals surface area (Å²) < 4.78 is 0.891. The van der Waals surface area contributed by atoms with Gasteiger partial charge in [0.1, 0.15) is 4.88 Å². The lowest BCUT2D eigenvalue weighted by Gasteiger charge is -2.10. The van der Waals surface area contributed by atoms with Crippen LogP contribution in [0.3, 0.4) is 0 Å². The highest BCUT2D eigenvalue weighted by Crippen LogP contribution is 2.35. The van der Waals surface area contributed by atoms with Gasteiger partial charge in [0.15, 0.2) is 11.3 Å². The zero-order valence-corrected chi connectivity index (χ0v) is 17.0. The number of aromatic nitrogens is 1.